The molecule has 1 N–H and O–H groups in total. The number of nitrogens with one attached hydrogen (secondary N) is 1. The van der Waals surface area contributed by atoms with Gasteiger partial charge in [0.25, 0.3) is 0 Å². The maximum atomic E-state index is 6.16. The van der Waals surface area contributed by atoms with Crippen LogP contribution in [0.25, 0.3) is 0 Å². The minimum atomic E-state index is 0.220. The second-order valence-corrected chi connectivity index (χ2v) is 7.62. The van der Waals surface area contributed by atoms with E-state index in [4.69, 9.17) is 23.2 Å². The minimum Gasteiger partial charge on any atom is -0.311 e. The fraction of sp³-hybridized carbons (Fsp3) is 0.647. The second-order valence-electron chi connectivity index (χ2n) is 6.80. The normalized spacial score (nSPS) is 30.6. The molecule has 0 radical (unpaired) electrons. The largest absolute Gasteiger partial charge is 0.311 e. The summed E-state index contributed by atoms with van der Waals surface area (Å²) in [6.45, 7) is 7.80. The van der Waals surface area contributed by atoms with E-state index in [9.17, 15) is 0 Å². The van der Waals surface area contributed by atoms with Crippen molar-refractivity contribution >= 4 is 23.2 Å². The Morgan fingerprint density at radius 3 is 2.67 bits per heavy atom. The van der Waals surface area contributed by atoms with E-state index < -0.39 is 0 Å². The van der Waals surface area contributed by atoms with E-state index in [-0.39, 0.29) is 5.54 Å². The topological polar surface area (TPSA) is 15.3 Å². The van der Waals surface area contributed by atoms with Gasteiger partial charge in [0.2, 0.25) is 0 Å². The highest BCUT2D eigenvalue weighted by molar-refractivity contribution is 6.42. The van der Waals surface area contributed by atoms with Crippen LogP contribution >= 0.6 is 23.2 Å². The zero-order chi connectivity index (χ0) is 15.0. The van der Waals surface area contributed by atoms with Crippen LogP contribution in [0.15, 0.2) is 18.2 Å². The standard InChI is InChI=1S/C17H24Cl2N2/c1-3-17(2)11-20-16(13-5-6-13)10-21(17)9-12-4-7-14(18)15(19)8-12/h4,7-8,13,16,20H,3,5-6,9-11H2,1-2H3. The summed E-state index contributed by atoms with van der Waals surface area (Å²) in [5.41, 5.74) is 1.47. The van der Waals surface area contributed by atoms with Gasteiger partial charge in [-0.25, -0.2) is 0 Å². The van der Waals surface area contributed by atoms with Gasteiger partial charge in [-0.3, -0.25) is 4.90 Å². The maximum Gasteiger partial charge on any atom is 0.0595 e. The minimum absolute atomic E-state index is 0.220. The lowest BCUT2D eigenvalue weighted by Gasteiger charge is -2.48. The lowest BCUT2D eigenvalue weighted by atomic mass is 9.90. The van der Waals surface area contributed by atoms with Gasteiger partial charge < -0.3 is 5.32 Å². The molecule has 1 heterocycles. The summed E-state index contributed by atoms with van der Waals surface area (Å²) in [6, 6.07) is 6.67. The molecule has 21 heavy (non-hydrogen) atoms. The third-order valence-electron chi connectivity index (χ3n) is 5.24. The second kappa shape index (κ2) is 6.08. The van der Waals surface area contributed by atoms with Crippen LogP contribution < -0.4 is 5.32 Å². The number of rotatable bonds is 4. The number of hydrogen-bond donors (Lipinski definition) is 1. The molecule has 1 saturated heterocycles. The van der Waals surface area contributed by atoms with E-state index in [1.165, 1.54) is 18.4 Å². The van der Waals surface area contributed by atoms with E-state index in [1.807, 2.05) is 12.1 Å². The Morgan fingerprint density at radius 1 is 1.29 bits per heavy atom. The van der Waals surface area contributed by atoms with Crippen molar-refractivity contribution < 1.29 is 0 Å². The zero-order valence-corrected chi connectivity index (χ0v) is 14.3. The van der Waals surface area contributed by atoms with Crippen LogP contribution in [0.5, 0.6) is 0 Å². The van der Waals surface area contributed by atoms with Crippen molar-refractivity contribution in [2.45, 2.75) is 51.2 Å². The van der Waals surface area contributed by atoms with Gasteiger partial charge in [0, 0.05) is 31.2 Å². The lowest BCUT2D eigenvalue weighted by Crippen LogP contribution is -2.63. The van der Waals surface area contributed by atoms with E-state index in [0.717, 1.165) is 32.0 Å². The molecular weight excluding hydrogens is 303 g/mol. The Morgan fingerprint density at radius 2 is 2.05 bits per heavy atom. The summed E-state index contributed by atoms with van der Waals surface area (Å²) >= 11 is 12.2. The van der Waals surface area contributed by atoms with Crippen LogP contribution in [-0.4, -0.2) is 29.6 Å². The molecule has 0 spiro atoms. The smallest absolute Gasteiger partial charge is 0.0595 e. The van der Waals surface area contributed by atoms with Gasteiger partial charge in [0.05, 0.1) is 10.0 Å². The van der Waals surface area contributed by atoms with Gasteiger partial charge in [-0.2, -0.15) is 0 Å². The molecule has 2 aliphatic rings. The highest BCUT2D eigenvalue weighted by Crippen LogP contribution is 2.37. The van der Waals surface area contributed by atoms with Crippen molar-refractivity contribution in [2.75, 3.05) is 13.1 Å². The van der Waals surface area contributed by atoms with E-state index in [0.29, 0.717) is 16.1 Å². The first kappa shape index (κ1) is 15.6. The monoisotopic (exact) mass is 326 g/mol. The molecule has 2 unspecified atom stereocenters. The summed E-state index contributed by atoms with van der Waals surface area (Å²) in [7, 11) is 0. The Hall–Kier alpha value is -0.280. The molecule has 0 bridgehead atoms. The van der Waals surface area contributed by atoms with Crippen LogP contribution in [0, 0.1) is 5.92 Å². The highest BCUT2D eigenvalue weighted by Gasteiger charge is 2.41. The summed E-state index contributed by atoms with van der Waals surface area (Å²) in [6.07, 6.45) is 3.93. The Bertz CT molecular complexity index is 516. The molecule has 2 fully saturated rings. The van der Waals surface area contributed by atoms with Gasteiger partial charge in [-0.1, -0.05) is 36.2 Å². The van der Waals surface area contributed by atoms with Gasteiger partial charge >= 0.3 is 0 Å². The predicted octanol–water partition coefficient (Wildman–Crippen LogP) is 4.35. The van der Waals surface area contributed by atoms with Crippen molar-refractivity contribution in [3.8, 4) is 0 Å². The van der Waals surface area contributed by atoms with Crippen LogP contribution in [0.1, 0.15) is 38.7 Å². The van der Waals surface area contributed by atoms with Gasteiger partial charge in [-0.05, 0) is 49.8 Å². The SMILES string of the molecule is CCC1(C)CNC(C2CC2)CN1Cc1ccc(Cl)c(Cl)c1. The summed E-state index contributed by atoms with van der Waals surface area (Å²) in [4.78, 5) is 2.63. The molecule has 1 aromatic carbocycles. The molecule has 2 atom stereocenters. The molecule has 1 aliphatic heterocycles. The van der Waals surface area contributed by atoms with E-state index in [2.05, 4.69) is 30.1 Å². The van der Waals surface area contributed by atoms with Crippen LogP contribution in [-0.2, 0) is 6.54 Å². The first-order valence-corrected chi connectivity index (χ1v) is 8.70. The fourth-order valence-corrected chi connectivity index (χ4v) is 3.58. The first-order chi connectivity index (χ1) is 10.0. The molecular formula is C17H24Cl2N2. The Labute approximate surface area is 137 Å². The molecule has 1 aromatic rings. The van der Waals surface area contributed by atoms with E-state index in [1.54, 1.807) is 0 Å². The maximum absolute atomic E-state index is 6.16. The average Bonchev–Trinajstić information content (AvgIpc) is 3.30. The number of nitrogens with zero attached hydrogens (tertiary/aromatic N) is 1. The van der Waals surface area contributed by atoms with Crippen molar-refractivity contribution in [3.05, 3.63) is 33.8 Å². The summed E-state index contributed by atoms with van der Waals surface area (Å²) in [5.74, 6) is 0.891. The van der Waals surface area contributed by atoms with Crippen molar-refractivity contribution in [1.82, 2.24) is 10.2 Å². The van der Waals surface area contributed by atoms with Crippen molar-refractivity contribution in [1.29, 1.82) is 0 Å². The number of benzene rings is 1. The molecule has 1 saturated carbocycles. The molecule has 1 aliphatic carbocycles. The molecule has 3 rings (SSSR count). The van der Waals surface area contributed by atoms with Crippen LogP contribution in [0.4, 0.5) is 0 Å². The predicted molar refractivity (Wildman–Crippen MR) is 90.1 cm³/mol. The number of halogens is 2. The molecule has 0 amide bonds. The number of piperazine rings is 1. The molecule has 4 heteroatoms. The van der Waals surface area contributed by atoms with Crippen LogP contribution in [0.3, 0.4) is 0 Å². The quantitative estimate of drug-likeness (QED) is 0.885. The fourth-order valence-electron chi connectivity index (χ4n) is 3.26. The third kappa shape index (κ3) is 3.39. The summed E-state index contributed by atoms with van der Waals surface area (Å²) < 4.78 is 0. The van der Waals surface area contributed by atoms with E-state index >= 15 is 0 Å². The van der Waals surface area contributed by atoms with Crippen molar-refractivity contribution in [2.24, 2.45) is 5.92 Å². The Balaban J connectivity index is 1.76. The average molecular weight is 327 g/mol. The van der Waals surface area contributed by atoms with Gasteiger partial charge in [-0.15, -0.1) is 0 Å². The lowest BCUT2D eigenvalue weighted by molar-refractivity contribution is 0.0369. The number of hydrogen-bond acceptors (Lipinski definition) is 2. The van der Waals surface area contributed by atoms with Gasteiger partial charge in [0.1, 0.15) is 0 Å². The third-order valence-corrected chi connectivity index (χ3v) is 5.97. The first-order valence-electron chi connectivity index (χ1n) is 7.94. The molecule has 2 nitrogen and oxygen atoms in total. The van der Waals surface area contributed by atoms with Gasteiger partial charge in [0.15, 0.2) is 0 Å². The summed E-state index contributed by atoms with van der Waals surface area (Å²) in [5, 5.41) is 5.06. The van der Waals surface area contributed by atoms with Crippen LogP contribution in [0.2, 0.25) is 10.0 Å². The van der Waals surface area contributed by atoms with Crippen molar-refractivity contribution in [3.63, 3.8) is 0 Å². The zero-order valence-electron chi connectivity index (χ0n) is 12.8. The molecule has 116 valence electrons. The Kier molecular flexibility index (Phi) is 4.52. The highest BCUT2D eigenvalue weighted by atomic mass is 35.5. The molecule has 0 aromatic heterocycles.